The lowest BCUT2D eigenvalue weighted by atomic mass is 10.2. The maximum absolute atomic E-state index is 12.3. The zero-order valence-corrected chi connectivity index (χ0v) is 15.7. The Morgan fingerprint density at radius 1 is 1.28 bits per heavy atom. The number of rotatable bonds is 6. The molecule has 8 nitrogen and oxygen atoms in total. The number of hydrogen-bond donors (Lipinski definition) is 2. The molecular formula is C15H15BrN2O6S. The van der Waals surface area contributed by atoms with Crippen molar-refractivity contribution in [3.05, 3.63) is 51.9 Å². The second-order valence-corrected chi connectivity index (χ2v) is 7.32. The molecular weight excluding hydrogens is 416 g/mol. The van der Waals surface area contributed by atoms with Gasteiger partial charge in [0.15, 0.2) is 0 Å². The zero-order valence-electron chi connectivity index (χ0n) is 13.3. The van der Waals surface area contributed by atoms with Crippen LogP contribution in [0.4, 0.5) is 0 Å². The van der Waals surface area contributed by atoms with Gasteiger partial charge in [-0.2, -0.15) is 0 Å². The van der Waals surface area contributed by atoms with Crippen LogP contribution in [0, 0.1) is 6.92 Å². The first kappa shape index (κ1) is 19.2. The highest BCUT2D eigenvalue weighted by Crippen LogP contribution is 2.23. The monoisotopic (exact) mass is 430 g/mol. The van der Waals surface area contributed by atoms with E-state index in [0.717, 1.165) is 0 Å². The third-order valence-corrected chi connectivity index (χ3v) is 5.36. The molecule has 2 rings (SSSR count). The van der Waals surface area contributed by atoms with E-state index in [-0.39, 0.29) is 27.1 Å². The van der Waals surface area contributed by atoms with Gasteiger partial charge in [-0.05, 0) is 54.0 Å². The Kier molecular flexibility index (Phi) is 5.98. The summed E-state index contributed by atoms with van der Waals surface area (Å²) < 4.78 is 34.6. The van der Waals surface area contributed by atoms with Crippen LogP contribution in [0.5, 0.6) is 0 Å². The lowest BCUT2D eigenvalue weighted by Gasteiger charge is -2.10. The number of halogens is 1. The van der Waals surface area contributed by atoms with Gasteiger partial charge >= 0.3 is 5.97 Å². The number of benzene rings is 1. The number of hydrazine groups is 1. The van der Waals surface area contributed by atoms with Crippen LogP contribution in [0.2, 0.25) is 0 Å². The molecule has 0 unspecified atom stereocenters. The lowest BCUT2D eigenvalue weighted by molar-refractivity contribution is 0.0526. The van der Waals surface area contributed by atoms with Gasteiger partial charge in [-0.1, -0.05) is 0 Å². The summed E-state index contributed by atoms with van der Waals surface area (Å²) in [5, 5.41) is 0. The van der Waals surface area contributed by atoms with E-state index in [2.05, 4.69) is 21.4 Å². The van der Waals surface area contributed by atoms with Crippen molar-refractivity contribution in [3.63, 3.8) is 0 Å². The standard InChI is InChI=1S/C15H15BrN2O6S/c1-3-23-15(20)10-4-5-13(12(16)8-10)25(21,22)18-17-14(19)11-6-7-24-9(11)2/h4-8,18H,3H2,1-2H3,(H,17,19). The zero-order chi connectivity index (χ0) is 18.6. The van der Waals surface area contributed by atoms with E-state index in [9.17, 15) is 18.0 Å². The molecule has 0 saturated carbocycles. The minimum atomic E-state index is -4.06. The number of carbonyl (C=O) groups excluding carboxylic acids is 2. The van der Waals surface area contributed by atoms with Crippen molar-refractivity contribution in [2.75, 3.05) is 6.61 Å². The molecule has 0 spiro atoms. The Balaban J connectivity index is 2.15. The number of amides is 1. The fourth-order valence-corrected chi connectivity index (χ4v) is 3.83. The summed E-state index contributed by atoms with van der Waals surface area (Å²) >= 11 is 3.11. The van der Waals surface area contributed by atoms with E-state index in [1.807, 2.05) is 4.83 Å². The van der Waals surface area contributed by atoms with E-state index in [0.29, 0.717) is 5.76 Å². The van der Waals surface area contributed by atoms with Crippen LogP contribution in [-0.2, 0) is 14.8 Å². The fourth-order valence-electron chi connectivity index (χ4n) is 1.92. The van der Waals surface area contributed by atoms with Crippen LogP contribution >= 0.6 is 15.9 Å². The van der Waals surface area contributed by atoms with Crippen molar-refractivity contribution in [2.45, 2.75) is 18.7 Å². The summed E-state index contributed by atoms with van der Waals surface area (Å²) in [5.74, 6) is -0.866. The quantitative estimate of drug-likeness (QED) is 0.535. The summed E-state index contributed by atoms with van der Waals surface area (Å²) in [6.07, 6.45) is 1.32. The summed E-state index contributed by atoms with van der Waals surface area (Å²) in [6.45, 7) is 3.45. The largest absolute Gasteiger partial charge is 0.469 e. The van der Waals surface area contributed by atoms with Gasteiger partial charge in [0.05, 0.1) is 28.9 Å². The van der Waals surface area contributed by atoms with E-state index >= 15 is 0 Å². The molecule has 1 aromatic carbocycles. The molecule has 0 fully saturated rings. The number of nitrogens with one attached hydrogen (secondary N) is 2. The lowest BCUT2D eigenvalue weighted by Crippen LogP contribution is -2.41. The predicted octanol–water partition coefficient (Wildman–Crippen LogP) is 2.15. The second-order valence-electron chi connectivity index (χ2n) is 4.82. The minimum Gasteiger partial charge on any atom is -0.469 e. The molecule has 10 heteroatoms. The van der Waals surface area contributed by atoms with Crippen LogP contribution in [0.25, 0.3) is 0 Å². The number of aryl methyl sites for hydroxylation is 1. The van der Waals surface area contributed by atoms with Gasteiger partial charge in [0.1, 0.15) is 5.76 Å². The molecule has 0 atom stereocenters. The van der Waals surface area contributed by atoms with E-state index in [1.165, 1.54) is 30.5 Å². The molecule has 2 N–H and O–H groups in total. The summed E-state index contributed by atoms with van der Waals surface area (Å²) in [5.41, 5.74) is 2.51. The average Bonchev–Trinajstić information content (AvgIpc) is 2.98. The molecule has 1 heterocycles. The first-order valence-electron chi connectivity index (χ1n) is 7.09. The number of furan rings is 1. The van der Waals surface area contributed by atoms with Crippen molar-refractivity contribution in [1.82, 2.24) is 10.3 Å². The molecule has 2 aromatic rings. The Morgan fingerprint density at radius 2 is 2.00 bits per heavy atom. The molecule has 25 heavy (non-hydrogen) atoms. The third-order valence-electron chi connectivity index (χ3n) is 3.13. The summed E-state index contributed by atoms with van der Waals surface area (Å²) in [4.78, 5) is 25.4. The van der Waals surface area contributed by atoms with Gasteiger partial charge in [0.2, 0.25) is 0 Å². The minimum absolute atomic E-state index is 0.148. The topological polar surface area (TPSA) is 115 Å². The first-order chi connectivity index (χ1) is 11.8. The molecule has 0 saturated heterocycles. The Morgan fingerprint density at radius 3 is 2.56 bits per heavy atom. The Labute approximate surface area is 152 Å². The van der Waals surface area contributed by atoms with Crippen LogP contribution in [0.15, 0.2) is 44.3 Å². The van der Waals surface area contributed by atoms with E-state index < -0.39 is 21.9 Å². The molecule has 134 valence electrons. The van der Waals surface area contributed by atoms with Gasteiger partial charge in [-0.25, -0.2) is 13.2 Å². The maximum Gasteiger partial charge on any atom is 0.338 e. The van der Waals surface area contributed by atoms with Crippen molar-refractivity contribution in [3.8, 4) is 0 Å². The molecule has 0 bridgehead atoms. The second kappa shape index (κ2) is 7.81. The first-order valence-corrected chi connectivity index (χ1v) is 9.36. The van der Waals surface area contributed by atoms with Crippen LogP contribution in [0.3, 0.4) is 0 Å². The van der Waals surface area contributed by atoms with Crippen molar-refractivity contribution in [1.29, 1.82) is 0 Å². The smallest absolute Gasteiger partial charge is 0.338 e. The Hall–Kier alpha value is -2.17. The molecule has 0 radical (unpaired) electrons. The van der Waals surface area contributed by atoms with Crippen molar-refractivity contribution >= 4 is 37.8 Å². The van der Waals surface area contributed by atoms with Crippen molar-refractivity contribution in [2.24, 2.45) is 0 Å². The van der Waals surface area contributed by atoms with Crippen LogP contribution in [0.1, 0.15) is 33.4 Å². The van der Waals surface area contributed by atoms with Gasteiger partial charge in [0.25, 0.3) is 15.9 Å². The molecule has 0 aliphatic rings. The fraction of sp³-hybridized carbons (Fsp3) is 0.200. The SMILES string of the molecule is CCOC(=O)c1ccc(S(=O)(=O)NNC(=O)c2ccoc2C)c(Br)c1. The van der Waals surface area contributed by atoms with Gasteiger partial charge in [-0.3, -0.25) is 10.2 Å². The number of carbonyl (C=O) groups is 2. The maximum atomic E-state index is 12.3. The molecule has 0 aliphatic carbocycles. The normalized spacial score (nSPS) is 11.2. The number of ether oxygens (including phenoxy) is 1. The molecule has 1 amide bonds. The van der Waals surface area contributed by atoms with E-state index in [4.69, 9.17) is 9.15 Å². The summed E-state index contributed by atoms with van der Waals surface area (Å²) in [6, 6.07) is 5.30. The average molecular weight is 431 g/mol. The van der Waals surface area contributed by atoms with Gasteiger partial charge in [0, 0.05) is 4.47 Å². The van der Waals surface area contributed by atoms with Crippen molar-refractivity contribution < 1.29 is 27.2 Å². The van der Waals surface area contributed by atoms with E-state index in [1.54, 1.807) is 13.8 Å². The van der Waals surface area contributed by atoms with Gasteiger partial charge < -0.3 is 9.15 Å². The molecule has 1 aromatic heterocycles. The molecule has 0 aliphatic heterocycles. The highest BCUT2D eigenvalue weighted by Gasteiger charge is 2.21. The summed E-state index contributed by atoms with van der Waals surface area (Å²) in [7, 11) is -4.06. The van der Waals surface area contributed by atoms with Gasteiger partial charge in [-0.15, -0.1) is 4.83 Å². The Bertz CT molecular complexity index is 906. The highest BCUT2D eigenvalue weighted by molar-refractivity contribution is 9.10. The van der Waals surface area contributed by atoms with Crippen LogP contribution in [-0.4, -0.2) is 26.9 Å². The third kappa shape index (κ3) is 4.47. The number of sulfonamides is 1. The number of hydrogen-bond acceptors (Lipinski definition) is 6. The highest BCUT2D eigenvalue weighted by atomic mass is 79.9. The predicted molar refractivity (Wildman–Crippen MR) is 91.3 cm³/mol. The van der Waals surface area contributed by atoms with Crippen LogP contribution < -0.4 is 10.3 Å². The number of esters is 1.